The zero-order chi connectivity index (χ0) is 17.4. The van der Waals surface area contributed by atoms with Crippen molar-refractivity contribution < 1.29 is 19.2 Å². The fourth-order valence-corrected chi connectivity index (χ4v) is 1.83. The third kappa shape index (κ3) is 5.41. The maximum Gasteiger partial charge on any atom is 0.407 e. The van der Waals surface area contributed by atoms with Gasteiger partial charge in [0, 0.05) is 17.8 Å². The van der Waals surface area contributed by atoms with E-state index in [2.05, 4.69) is 10.6 Å². The van der Waals surface area contributed by atoms with Crippen molar-refractivity contribution in [3.05, 3.63) is 70.3 Å². The fraction of sp³-hybridized carbons (Fsp3) is 0.125. The Hall–Kier alpha value is -3.42. The number of rotatable bonds is 6. The first kappa shape index (κ1) is 16.9. The maximum absolute atomic E-state index is 11.7. The third-order valence-corrected chi connectivity index (χ3v) is 2.95. The summed E-state index contributed by atoms with van der Waals surface area (Å²) in [4.78, 5) is 33.3. The monoisotopic (exact) mass is 329 g/mol. The van der Waals surface area contributed by atoms with Gasteiger partial charge in [0.2, 0.25) is 5.91 Å². The molecule has 0 atom stereocenters. The van der Waals surface area contributed by atoms with E-state index in [4.69, 9.17) is 4.74 Å². The molecule has 0 aliphatic heterocycles. The van der Waals surface area contributed by atoms with E-state index in [1.165, 1.54) is 24.3 Å². The maximum atomic E-state index is 11.7. The van der Waals surface area contributed by atoms with Crippen molar-refractivity contribution in [3.63, 3.8) is 0 Å². The smallest absolute Gasteiger partial charge is 0.407 e. The van der Waals surface area contributed by atoms with E-state index in [1.54, 1.807) is 0 Å². The zero-order valence-corrected chi connectivity index (χ0v) is 12.6. The Morgan fingerprint density at radius 1 is 1.08 bits per heavy atom. The summed E-state index contributed by atoms with van der Waals surface area (Å²) in [5, 5.41) is 15.4. The van der Waals surface area contributed by atoms with Gasteiger partial charge in [-0.3, -0.25) is 14.9 Å². The van der Waals surface area contributed by atoms with Crippen molar-refractivity contribution in [2.45, 2.75) is 6.61 Å². The van der Waals surface area contributed by atoms with Gasteiger partial charge in [0.25, 0.3) is 5.69 Å². The predicted octanol–water partition coefficient (Wildman–Crippen LogP) is 2.46. The number of nitrogens with zero attached hydrogens (tertiary/aromatic N) is 1. The van der Waals surface area contributed by atoms with Crippen molar-refractivity contribution in [1.29, 1.82) is 0 Å². The number of alkyl carbamates (subject to hydrolysis) is 1. The van der Waals surface area contributed by atoms with E-state index in [9.17, 15) is 19.7 Å². The highest BCUT2D eigenvalue weighted by atomic mass is 16.6. The lowest BCUT2D eigenvalue weighted by molar-refractivity contribution is -0.384. The number of carbonyl (C=O) groups excluding carboxylic acids is 2. The van der Waals surface area contributed by atoms with Gasteiger partial charge in [0.15, 0.2) is 0 Å². The van der Waals surface area contributed by atoms with Crippen molar-refractivity contribution in [1.82, 2.24) is 5.32 Å². The SMILES string of the molecule is O=C(CNC(=O)OCc1ccccc1)Nc1cccc([N+](=O)[O-])c1. The van der Waals surface area contributed by atoms with Crippen molar-refractivity contribution >= 4 is 23.4 Å². The van der Waals surface area contributed by atoms with Crippen LogP contribution in [0.25, 0.3) is 0 Å². The second-order valence-electron chi connectivity index (χ2n) is 4.77. The van der Waals surface area contributed by atoms with E-state index < -0.39 is 16.9 Å². The number of nitro groups is 1. The number of nitro benzene ring substituents is 1. The van der Waals surface area contributed by atoms with E-state index in [0.717, 1.165) is 5.56 Å². The Morgan fingerprint density at radius 2 is 1.83 bits per heavy atom. The third-order valence-electron chi connectivity index (χ3n) is 2.95. The number of hydrogen-bond donors (Lipinski definition) is 2. The molecule has 2 amide bonds. The van der Waals surface area contributed by atoms with Crippen LogP contribution < -0.4 is 10.6 Å². The molecule has 0 heterocycles. The van der Waals surface area contributed by atoms with Gasteiger partial charge in [-0.1, -0.05) is 36.4 Å². The average Bonchev–Trinajstić information content (AvgIpc) is 2.59. The van der Waals surface area contributed by atoms with E-state index in [0.29, 0.717) is 0 Å². The molecule has 0 saturated carbocycles. The van der Waals surface area contributed by atoms with Crippen LogP contribution in [0.15, 0.2) is 54.6 Å². The number of benzene rings is 2. The van der Waals surface area contributed by atoms with Gasteiger partial charge in [-0.2, -0.15) is 0 Å². The second kappa shape index (κ2) is 8.28. The van der Waals surface area contributed by atoms with Crippen LogP contribution in [0.2, 0.25) is 0 Å². The minimum Gasteiger partial charge on any atom is -0.445 e. The number of carbonyl (C=O) groups is 2. The van der Waals surface area contributed by atoms with Crippen LogP contribution in [0.3, 0.4) is 0 Å². The summed E-state index contributed by atoms with van der Waals surface area (Å²) < 4.78 is 4.96. The highest BCUT2D eigenvalue weighted by molar-refractivity contribution is 5.94. The van der Waals surface area contributed by atoms with Crippen LogP contribution in [0.1, 0.15) is 5.56 Å². The molecule has 2 rings (SSSR count). The number of hydrogen-bond acceptors (Lipinski definition) is 5. The molecular formula is C16H15N3O5. The highest BCUT2D eigenvalue weighted by Crippen LogP contribution is 2.16. The second-order valence-corrected chi connectivity index (χ2v) is 4.77. The Bertz CT molecular complexity index is 734. The predicted molar refractivity (Wildman–Crippen MR) is 86.4 cm³/mol. The summed E-state index contributed by atoms with van der Waals surface area (Å²) in [6, 6.07) is 14.6. The first-order valence-electron chi connectivity index (χ1n) is 7.03. The Balaban J connectivity index is 1.75. The van der Waals surface area contributed by atoms with Crippen LogP contribution >= 0.6 is 0 Å². The quantitative estimate of drug-likeness (QED) is 0.625. The van der Waals surface area contributed by atoms with Crippen LogP contribution in [-0.2, 0) is 16.1 Å². The number of nitrogens with one attached hydrogen (secondary N) is 2. The molecule has 0 fully saturated rings. The Morgan fingerprint density at radius 3 is 2.54 bits per heavy atom. The van der Waals surface area contributed by atoms with Gasteiger partial charge in [0.05, 0.1) is 4.92 Å². The van der Waals surface area contributed by atoms with E-state index >= 15 is 0 Å². The number of amides is 2. The largest absolute Gasteiger partial charge is 0.445 e. The van der Waals surface area contributed by atoms with Crippen LogP contribution in [-0.4, -0.2) is 23.5 Å². The van der Waals surface area contributed by atoms with Crippen LogP contribution in [0, 0.1) is 10.1 Å². The number of anilines is 1. The lowest BCUT2D eigenvalue weighted by Crippen LogP contribution is -2.33. The molecule has 8 nitrogen and oxygen atoms in total. The molecule has 2 N–H and O–H groups in total. The summed E-state index contributed by atoms with van der Waals surface area (Å²) in [6.07, 6.45) is -0.729. The minimum atomic E-state index is -0.729. The van der Waals surface area contributed by atoms with Gasteiger partial charge < -0.3 is 15.4 Å². The van der Waals surface area contributed by atoms with E-state index in [-0.39, 0.29) is 24.5 Å². The van der Waals surface area contributed by atoms with Gasteiger partial charge in [0.1, 0.15) is 13.2 Å². The molecule has 0 unspecified atom stereocenters. The zero-order valence-electron chi connectivity index (χ0n) is 12.6. The molecule has 0 aromatic heterocycles. The van der Waals surface area contributed by atoms with Gasteiger partial charge in [-0.05, 0) is 11.6 Å². The molecular weight excluding hydrogens is 314 g/mol. The summed E-state index contributed by atoms with van der Waals surface area (Å²) in [6.45, 7) is -0.213. The molecule has 0 bridgehead atoms. The summed E-state index contributed by atoms with van der Waals surface area (Å²) in [5.74, 6) is -0.521. The van der Waals surface area contributed by atoms with Gasteiger partial charge in [-0.15, -0.1) is 0 Å². The van der Waals surface area contributed by atoms with Crippen LogP contribution in [0.4, 0.5) is 16.2 Å². The fourth-order valence-electron chi connectivity index (χ4n) is 1.83. The number of non-ortho nitro benzene ring substituents is 1. The van der Waals surface area contributed by atoms with Crippen molar-refractivity contribution in [2.75, 3.05) is 11.9 Å². The summed E-state index contributed by atoms with van der Waals surface area (Å²) in [5.41, 5.74) is 0.963. The topological polar surface area (TPSA) is 111 Å². The average molecular weight is 329 g/mol. The van der Waals surface area contributed by atoms with Crippen molar-refractivity contribution in [2.24, 2.45) is 0 Å². The molecule has 2 aromatic rings. The Kier molecular flexibility index (Phi) is 5.84. The lowest BCUT2D eigenvalue weighted by Gasteiger charge is -2.08. The molecule has 0 spiro atoms. The standard InChI is InChI=1S/C16H15N3O5/c20-15(18-13-7-4-8-14(9-13)19(22)23)10-17-16(21)24-11-12-5-2-1-3-6-12/h1-9H,10-11H2,(H,17,21)(H,18,20). The van der Waals surface area contributed by atoms with Gasteiger partial charge >= 0.3 is 6.09 Å². The van der Waals surface area contributed by atoms with Crippen molar-refractivity contribution in [3.8, 4) is 0 Å². The minimum absolute atomic E-state index is 0.0964. The molecule has 0 radical (unpaired) electrons. The molecule has 0 aliphatic rings. The van der Waals surface area contributed by atoms with Crippen LogP contribution in [0.5, 0.6) is 0 Å². The van der Waals surface area contributed by atoms with Gasteiger partial charge in [-0.25, -0.2) is 4.79 Å². The summed E-state index contributed by atoms with van der Waals surface area (Å²) >= 11 is 0. The highest BCUT2D eigenvalue weighted by Gasteiger charge is 2.10. The lowest BCUT2D eigenvalue weighted by atomic mass is 10.2. The molecule has 2 aromatic carbocycles. The molecule has 124 valence electrons. The molecule has 24 heavy (non-hydrogen) atoms. The normalized spacial score (nSPS) is 9.83. The first-order chi connectivity index (χ1) is 11.5. The molecule has 0 aliphatic carbocycles. The molecule has 8 heteroatoms. The Labute approximate surface area is 137 Å². The first-order valence-corrected chi connectivity index (χ1v) is 7.03. The number of ether oxygens (including phenoxy) is 1. The van der Waals surface area contributed by atoms with E-state index in [1.807, 2.05) is 30.3 Å². The summed E-state index contributed by atoms with van der Waals surface area (Å²) in [7, 11) is 0. The molecule has 0 saturated heterocycles.